The number of aryl methyl sites for hydroxylation is 1. The van der Waals surface area contributed by atoms with Crippen molar-refractivity contribution in [2.45, 2.75) is 20.0 Å². The topological polar surface area (TPSA) is 60.8 Å². The van der Waals surface area contributed by atoms with Gasteiger partial charge in [-0.2, -0.15) is 0 Å². The van der Waals surface area contributed by atoms with Crippen LogP contribution in [0.3, 0.4) is 0 Å². The van der Waals surface area contributed by atoms with E-state index in [1.54, 1.807) is 18.2 Å². The molecule has 0 amide bonds. The zero-order valence-corrected chi connectivity index (χ0v) is 20.8. The predicted octanol–water partition coefficient (Wildman–Crippen LogP) is 5.01. The molecule has 0 aliphatic carbocycles. The van der Waals surface area contributed by atoms with E-state index in [9.17, 15) is 9.59 Å². The molecular weight excluding hydrogens is 464 g/mol. The van der Waals surface area contributed by atoms with Crippen molar-refractivity contribution in [2.24, 2.45) is 0 Å². The number of methoxy groups -OCH3 is 1. The summed E-state index contributed by atoms with van der Waals surface area (Å²) in [5, 5.41) is 0.465. The van der Waals surface area contributed by atoms with E-state index in [-0.39, 0.29) is 5.78 Å². The summed E-state index contributed by atoms with van der Waals surface area (Å²) in [5.74, 6) is -0.469. The van der Waals surface area contributed by atoms with Gasteiger partial charge in [-0.1, -0.05) is 54.1 Å². The average molecular weight is 493 g/mol. The molecule has 1 saturated heterocycles. The maximum atomic E-state index is 13.3. The minimum Gasteiger partial charge on any atom is -0.465 e. The summed E-state index contributed by atoms with van der Waals surface area (Å²) in [6.07, 6.45) is 5.71. The Kier molecular flexibility index (Phi) is 8.18. The van der Waals surface area contributed by atoms with Crippen LogP contribution in [0.5, 0.6) is 0 Å². The molecule has 2 aromatic carbocycles. The highest BCUT2D eigenvalue weighted by molar-refractivity contribution is 6.31. The molecule has 1 aliphatic heterocycles. The summed E-state index contributed by atoms with van der Waals surface area (Å²) in [6, 6.07) is 14.8. The van der Waals surface area contributed by atoms with Crippen LogP contribution in [0.2, 0.25) is 5.02 Å². The molecule has 0 N–H and O–H groups in total. The van der Waals surface area contributed by atoms with Crippen LogP contribution in [0, 0.1) is 6.92 Å². The lowest BCUT2D eigenvalue weighted by molar-refractivity contribution is 0.0342. The zero-order chi connectivity index (χ0) is 24.8. The number of carbonyl (C=O) groups excluding carboxylic acids is 2. The van der Waals surface area contributed by atoms with Gasteiger partial charge in [-0.3, -0.25) is 9.69 Å². The van der Waals surface area contributed by atoms with Gasteiger partial charge in [0.25, 0.3) is 0 Å². The van der Waals surface area contributed by atoms with Crippen LogP contribution in [0.25, 0.3) is 6.08 Å². The van der Waals surface area contributed by atoms with Crippen molar-refractivity contribution in [3.63, 3.8) is 0 Å². The van der Waals surface area contributed by atoms with Crippen LogP contribution in [0.4, 0.5) is 0 Å². The van der Waals surface area contributed by atoms with Gasteiger partial charge in [-0.05, 0) is 41.8 Å². The first-order valence-electron chi connectivity index (χ1n) is 11.6. The molecule has 0 radical (unpaired) electrons. The Morgan fingerprint density at radius 2 is 1.83 bits per heavy atom. The largest absolute Gasteiger partial charge is 0.465 e. The number of hydrogen-bond donors (Lipinski definition) is 0. The number of ketones is 1. The maximum absolute atomic E-state index is 13.3. The van der Waals surface area contributed by atoms with Crippen LogP contribution < -0.4 is 0 Å². The van der Waals surface area contributed by atoms with Crippen molar-refractivity contribution in [2.75, 3.05) is 33.4 Å². The van der Waals surface area contributed by atoms with Crippen molar-refractivity contribution in [1.82, 2.24) is 9.47 Å². The minimum atomic E-state index is -0.447. The Morgan fingerprint density at radius 3 is 2.54 bits per heavy atom. The molecule has 4 rings (SSSR count). The highest BCUT2D eigenvalue weighted by atomic mass is 35.5. The molecular formula is C28H29ClN2O4. The van der Waals surface area contributed by atoms with Crippen molar-refractivity contribution < 1.29 is 19.1 Å². The van der Waals surface area contributed by atoms with E-state index in [0.717, 1.165) is 38.4 Å². The van der Waals surface area contributed by atoms with E-state index in [1.807, 2.05) is 60.2 Å². The van der Waals surface area contributed by atoms with E-state index in [4.69, 9.17) is 21.1 Å². The number of nitrogens with zero attached hydrogens (tertiary/aromatic N) is 2. The van der Waals surface area contributed by atoms with Crippen LogP contribution in [0.15, 0.2) is 60.8 Å². The lowest BCUT2D eigenvalue weighted by Crippen LogP contribution is -2.35. The fourth-order valence-corrected chi connectivity index (χ4v) is 4.35. The van der Waals surface area contributed by atoms with Crippen LogP contribution in [-0.2, 0) is 22.6 Å². The molecule has 1 fully saturated rings. The molecule has 0 unspecified atom stereocenters. The molecule has 0 saturated carbocycles. The van der Waals surface area contributed by atoms with Gasteiger partial charge in [-0.15, -0.1) is 0 Å². The second kappa shape index (κ2) is 11.5. The predicted molar refractivity (Wildman–Crippen MR) is 137 cm³/mol. The third-order valence-corrected chi connectivity index (χ3v) is 6.25. The number of ether oxygens (including phenoxy) is 2. The Balaban J connectivity index is 1.47. The fourth-order valence-electron chi connectivity index (χ4n) is 4.18. The van der Waals surface area contributed by atoms with Crippen LogP contribution in [0.1, 0.15) is 43.1 Å². The second-order valence-electron chi connectivity index (χ2n) is 8.60. The third kappa shape index (κ3) is 6.28. The van der Waals surface area contributed by atoms with Gasteiger partial charge in [0, 0.05) is 43.0 Å². The Hall–Kier alpha value is -3.19. The second-order valence-corrected chi connectivity index (χ2v) is 9.03. The maximum Gasteiger partial charge on any atom is 0.338 e. The molecule has 2 heterocycles. The summed E-state index contributed by atoms with van der Waals surface area (Å²) in [7, 11) is 1.34. The highest BCUT2D eigenvalue weighted by Crippen LogP contribution is 2.20. The van der Waals surface area contributed by atoms with Gasteiger partial charge in [0.2, 0.25) is 5.78 Å². The van der Waals surface area contributed by atoms with Crippen molar-refractivity contribution in [1.29, 1.82) is 0 Å². The molecule has 0 spiro atoms. The Morgan fingerprint density at radius 1 is 1.09 bits per heavy atom. The number of morpholine rings is 1. The molecule has 182 valence electrons. The molecule has 1 aromatic heterocycles. The summed E-state index contributed by atoms with van der Waals surface area (Å²) in [5.41, 5.74) is 4.57. The Bertz CT molecular complexity index is 1220. The molecule has 0 atom stereocenters. The van der Waals surface area contributed by atoms with Gasteiger partial charge < -0.3 is 14.0 Å². The number of hydrogen-bond acceptors (Lipinski definition) is 5. The smallest absolute Gasteiger partial charge is 0.338 e. The summed E-state index contributed by atoms with van der Waals surface area (Å²) in [4.78, 5) is 27.7. The SMILES string of the molecule is COC(=O)c1cc(Cl)ccc1/C=C/Cn1cc(C)cc1C(=O)c1ccc(CN2CCOCC2)cc1. The van der Waals surface area contributed by atoms with Gasteiger partial charge >= 0.3 is 5.97 Å². The normalized spacial score (nSPS) is 14.4. The summed E-state index contributed by atoms with van der Waals surface area (Å²) in [6.45, 7) is 6.70. The zero-order valence-electron chi connectivity index (χ0n) is 20.0. The first-order chi connectivity index (χ1) is 16.9. The van der Waals surface area contributed by atoms with E-state index in [1.165, 1.54) is 12.7 Å². The van der Waals surface area contributed by atoms with Crippen molar-refractivity contribution >= 4 is 29.4 Å². The summed E-state index contributed by atoms with van der Waals surface area (Å²) < 4.78 is 12.2. The quantitative estimate of drug-likeness (QED) is 0.326. The van der Waals surface area contributed by atoms with Gasteiger partial charge in [-0.25, -0.2) is 4.79 Å². The monoisotopic (exact) mass is 492 g/mol. The summed E-state index contributed by atoms with van der Waals surface area (Å²) >= 11 is 6.04. The standard InChI is InChI=1S/C28H29ClN2O4/c1-20-16-26(27(32)23-7-5-21(6-8-23)19-30-12-14-35-15-13-30)31(18-20)11-3-4-22-9-10-24(29)17-25(22)28(33)34-2/h3-10,16-18H,11-15,19H2,1-2H3/b4-3+. The molecule has 35 heavy (non-hydrogen) atoms. The minimum absolute atomic E-state index is 0.0221. The first-order valence-corrected chi connectivity index (χ1v) is 12.0. The van der Waals surface area contributed by atoms with Crippen LogP contribution in [-0.4, -0.2) is 54.6 Å². The fraction of sp³-hybridized carbons (Fsp3) is 0.286. The van der Waals surface area contributed by atoms with Gasteiger partial charge in [0.15, 0.2) is 0 Å². The van der Waals surface area contributed by atoms with Crippen LogP contribution >= 0.6 is 11.6 Å². The van der Waals surface area contributed by atoms with E-state index >= 15 is 0 Å². The molecule has 6 nitrogen and oxygen atoms in total. The first kappa shape index (κ1) is 24.9. The number of carbonyl (C=O) groups is 2. The van der Waals surface area contributed by atoms with E-state index < -0.39 is 5.97 Å². The third-order valence-electron chi connectivity index (χ3n) is 6.01. The van der Waals surface area contributed by atoms with Crippen molar-refractivity contribution in [3.8, 4) is 0 Å². The van der Waals surface area contributed by atoms with E-state index in [0.29, 0.717) is 34.0 Å². The number of aromatic nitrogens is 1. The molecule has 3 aromatic rings. The van der Waals surface area contributed by atoms with E-state index in [2.05, 4.69) is 4.90 Å². The highest BCUT2D eigenvalue weighted by Gasteiger charge is 2.16. The number of rotatable bonds is 8. The van der Waals surface area contributed by atoms with Crippen molar-refractivity contribution in [3.05, 3.63) is 99.3 Å². The van der Waals surface area contributed by atoms with Gasteiger partial charge in [0.1, 0.15) is 0 Å². The molecule has 1 aliphatic rings. The Labute approximate surface area is 210 Å². The number of allylic oxidation sites excluding steroid dienone is 1. The van der Waals surface area contributed by atoms with Gasteiger partial charge in [0.05, 0.1) is 31.6 Å². The molecule has 7 heteroatoms. The number of esters is 1. The lowest BCUT2D eigenvalue weighted by Gasteiger charge is -2.26. The molecule has 0 bridgehead atoms. The average Bonchev–Trinajstić information content (AvgIpc) is 3.25. The number of benzene rings is 2. The lowest BCUT2D eigenvalue weighted by atomic mass is 10.1. The number of halogens is 1.